The van der Waals surface area contributed by atoms with Crippen molar-refractivity contribution in [3.8, 4) is 0 Å². The molecule has 0 saturated heterocycles. The molecule has 0 fully saturated rings. The Balaban J connectivity index is 4.00. The fraction of sp³-hybridized carbons (Fsp3) is 0.833. The molecule has 0 unspecified atom stereocenters. The van der Waals surface area contributed by atoms with Crippen LogP contribution in [0.4, 0.5) is 0 Å². The van der Waals surface area contributed by atoms with Crippen LogP contribution >= 0.6 is 0 Å². The van der Waals surface area contributed by atoms with E-state index in [1.54, 1.807) is 0 Å². The number of aliphatic hydroxyl groups excluding tert-OH is 3. The first-order valence-corrected chi connectivity index (χ1v) is 3.25. The smallest absolute Gasteiger partial charge is 0.151 e. The molecule has 0 saturated carbocycles. The van der Waals surface area contributed by atoms with E-state index in [4.69, 9.17) is 21.1 Å². The fourth-order valence-corrected chi connectivity index (χ4v) is 0.594. The van der Waals surface area contributed by atoms with Crippen molar-refractivity contribution in [1.29, 1.82) is 0 Å². The normalized spacial score (nSPS) is 21.9. The van der Waals surface area contributed by atoms with Gasteiger partial charge in [-0.05, 0) is 6.92 Å². The van der Waals surface area contributed by atoms with E-state index in [-0.39, 0.29) is 6.29 Å². The minimum atomic E-state index is -1.53. The third-order valence-electron chi connectivity index (χ3n) is 1.44. The molecule has 0 spiro atoms. The number of hydrogen-bond acceptors (Lipinski definition) is 5. The summed E-state index contributed by atoms with van der Waals surface area (Å²) in [5.41, 5.74) is 5.22. The molecule has 0 aliphatic rings. The standard InChI is InChI=1S/C6H13NO4/c1-3(9)5(7)6(11)4(10)2-8/h2-6,9-11H,7H2,1H3/t3-,4-,5-,6+/m1/s1. The summed E-state index contributed by atoms with van der Waals surface area (Å²) in [6.45, 7) is 1.37. The Labute approximate surface area is 64.4 Å². The summed E-state index contributed by atoms with van der Waals surface area (Å²) in [5, 5.41) is 26.6. The predicted octanol–water partition coefficient (Wildman–Crippen LogP) is -2.38. The summed E-state index contributed by atoms with van der Waals surface area (Å²) in [6.07, 6.45) is -3.72. The molecule has 66 valence electrons. The summed E-state index contributed by atoms with van der Waals surface area (Å²) >= 11 is 0. The van der Waals surface area contributed by atoms with Gasteiger partial charge in [0.15, 0.2) is 6.29 Å². The van der Waals surface area contributed by atoms with Crippen LogP contribution in [0.3, 0.4) is 0 Å². The molecule has 0 aliphatic carbocycles. The molecule has 5 N–H and O–H groups in total. The summed E-state index contributed by atoms with van der Waals surface area (Å²) in [6, 6.07) is -1.00. The van der Waals surface area contributed by atoms with Gasteiger partial charge >= 0.3 is 0 Å². The summed E-state index contributed by atoms with van der Waals surface area (Å²) in [4.78, 5) is 9.93. The van der Waals surface area contributed by atoms with E-state index in [0.717, 1.165) is 0 Å². The second-order valence-corrected chi connectivity index (χ2v) is 2.44. The minimum Gasteiger partial charge on any atom is -0.392 e. The Morgan fingerprint density at radius 3 is 2.09 bits per heavy atom. The van der Waals surface area contributed by atoms with Gasteiger partial charge in [-0.3, -0.25) is 0 Å². The van der Waals surface area contributed by atoms with Crippen molar-refractivity contribution in [2.75, 3.05) is 0 Å². The molecule has 4 atom stereocenters. The minimum absolute atomic E-state index is 0.174. The van der Waals surface area contributed by atoms with Crippen molar-refractivity contribution >= 4 is 6.29 Å². The summed E-state index contributed by atoms with van der Waals surface area (Å²) < 4.78 is 0. The van der Waals surface area contributed by atoms with Gasteiger partial charge in [0.1, 0.15) is 12.2 Å². The van der Waals surface area contributed by atoms with Crippen LogP contribution in [-0.4, -0.2) is 46.0 Å². The molecule has 5 nitrogen and oxygen atoms in total. The van der Waals surface area contributed by atoms with Crippen molar-refractivity contribution in [2.24, 2.45) is 5.73 Å². The van der Waals surface area contributed by atoms with Crippen LogP contribution in [0, 0.1) is 0 Å². The lowest BCUT2D eigenvalue weighted by Gasteiger charge is -2.22. The summed E-state index contributed by atoms with van der Waals surface area (Å²) in [7, 11) is 0. The highest BCUT2D eigenvalue weighted by Gasteiger charge is 2.25. The van der Waals surface area contributed by atoms with E-state index < -0.39 is 24.4 Å². The van der Waals surface area contributed by atoms with E-state index in [2.05, 4.69) is 0 Å². The first kappa shape index (κ1) is 10.5. The fourth-order valence-electron chi connectivity index (χ4n) is 0.594. The Morgan fingerprint density at radius 1 is 1.36 bits per heavy atom. The van der Waals surface area contributed by atoms with E-state index in [1.165, 1.54) is 6.92 Å². The maximum atomic E-state index is 9.93. The van der Waals surface area contributed by atoms with Crippen LogP contribution in [0.1, 0.15) is 6.92 Å². The van der Waals surface area contributed by atoms with E-state index in [9.17, 15) is 4.79 Å². The zero-order valence-electron chi connectivity index (χ0n) is 6.21. The van der Waals surface area contributed by atoms with Gasteiger partial charge in [-0.25, -0.2) is 0 Å². The number of hydrogen-bond donors (Lipinski definition) is 4. The number of carbonyl (C=O) groups excluding carboxylic acids is 1. The third-order valence-corrected chi connectivity index (χ3v) is 1.44. The molecule has 0 heterocycles. The first-order valence-electron chi connectivity index (χ1n) is 3.25. The second kappa shape index (κ2) is 4.40. The largest absolute Gasteiger partial charge is 0.392 e. The van der Waals surface area contributed by atoms with Crippen molar-refractivity contribution in [3.63, 3.8) is 0 Å². The Hall–Kier alpha value is -0.490. The van der Waals surface area contributed by atoms with Gasteiger partial charge in [-0.2, -0.15) is 0 Å². The number of rotatable bonds is 4. The van der Waals surface area contributed by atoms with Gasteiger partial charge in [0.25, 0.3) is 0 Å². The van der Waals surface area contributed by atoms with Crippen LogP contribution in [0.25, 0.3) is 0 Å². The number of carbonyl (C=O) groups is 1. The maximum Gasteiger partial charge on any atom is 0.151 e. The number of aldehydes is 1. The molecular formula is C6H13NO4. The van der Waals surface area contributed by atoms with E-state index in [1.807, 2.05) is 0 Å². The highest BCUT2D eigenvalue weighted by atomic mass is 16.3. The third kappa shape index (κ3) is 2.94. The van der Waals surface area contributed by atoms with Gasteiger partial charge in [0, 0.05) is 0 Å². The van der Waals surface area contributed by atoms with Crippen LogP contribution in [-0.2, 0) is 4.79 Å². The lowest BCUT2D eigenvalue weighted by atomic mass is 10.0. The van der Waals surface area contributed by atoms with Crippen molar-refractivity contribution < 1.29 is 20.1 Å². The molecule has 5 heteroatoms. The number of aliphatic hydroxyl groups is 3. The monoisotopic (exact) mass is 163 g/mol. The average Bonchev–Trinajstić information content (AvgIpc) is 2.00. The van der Waals surface area contributed by atoms with Gasteiger partial charge in [0.2, 0.25) is 0 Å². The first-order chi connectivity index (χ1) is 5.00. The van der Waals surface area contributed by atoms with Crippen LogP contribution in [0.2, 0.25) is 0 Å². The highest BCUT2D eigenvalue weighted by Crippen LogP contribution is 1.99. The van der Waals surface area contributed by atoms with Crippen LogP contribution < -0.4 is 5.73 Å². The molecule has 0 amide bonds. The SMILES string of the molecule is C[C@@H](O)[C@@H](N)[C@@H](O)[C@H](O)C=O. The number of nitrogens with two attached hydrogens (primary N) is 1. The zero-order valence-corrected chi connectivity index (χ0v) is 6.21. The van der Waals surface area contributed by atoms with Gasteiger partial charge < -0.3 is 25.8 Å². The second-order valence-electron chi connectivity index (χ2n) is 2.44. The van der Waals surface area contributed by atoms with Crippen LogP contribution in [0.15, 0.2) is 0 Å². The Morgan fingerprint density at radius 2 is 1.82 bits per heavy atom. The molecule has 0 bridgehead atoms. The van der Waals surface area contributed by atoms with Crippen molar-refractivity contribution in [1.82, 2.24) is 0 Å². The topological polar surface area (TPSA) is 104 Å². The molecule has 0 radical (unpaired) electrons. The van der Waals surface area contributed by atoms with Crippen molar-refractivity contribution in [2.45, 2.75) is 31.3 Å². The molecule has 0 aromatic heterocycles. The molecular weight excluding hydrogens is 150 g/mol. The maximum absolute atomic E-state index is 9.93. The van der Waals surface area contributed by atoms with Gasteiger partial charge in [0.05, 0.1) is 12.1 Å². The molecule has 11 heavy (non-hydrogen) atoms. The zero-order chi connectivity index (χ0) is 9.02. The van der Waals surface area contributed by atoms with E-state index >= 15 is 0 Å². The van der Waals surface area contributed by atoms with E-state index in [0.29, 0.717) is 0 Å². The lowest BCUT2D eigenvalue weighted by Crippen LogP contribution is -2.49. The predicted molar refractivity (Wildman–Crippen MR) is 37.7 cm³/mol. The Kier molecular flexibility index (Phi) is 4.20. The molecule has 0 aliphatic heterocycles. The van der Waals surface area contributed by atoms with Crippen molar-refractivity contribution in [3.05, 3.63) is 0 Å². The summed E-state index contributed by atoms with van der Waals surface area (Å²) in [5.74, 6) is 0. The Bertz CT molecular complexity index is 128. The quantitative estimate of drug-likeness (QED) is 0.346. The average molecular weight is 163 g/mol. The van der Waals surface area contributed by atoms with Crippen LogP contribution in [0.5, 0.6) is 0 Å². The molecule has 0 aromatic rings. The molecule has 0 aromatic carbocycles. The lowest BCUT2D eigenvalue weighted by molar-refractivity contribution is -0.122. The highest BCUT2D eigenvalue weighted by molar-refractivity contribution is 5.56. The van der Waals surface area contributed by atoms with Gasteiger partial charge in [-0.15, -0.1) is 0 Å². The van der Waals surface area contributed by atoms with Gasteiger partial charge in [-0.1, -0.05) is 0 Å². The molecule has 0 rings (SSSR count).